The van der Waals surface area contributed by atoms with Crippen LogP contribution in [0.5, 0.6) is 0 Å². The molecule has 6 nitrogen and oxygen atoms in total. The van der Waals surface area contributed by atoms with E-state index in [4.69, 9.17) is 9.68 Å². The first-order valence-corrected chi connectivity index (χ1v) is 8.70. The second kappa shape index (κ2) is 7.33. The van der Waals surface area contributed by atoms with Crippen LogP contribution in [-0.2, 0) is 10.5 Å². The van der Waals surface area contributed by atoms with Crippen molar-refractivity contribution in [1.29, 1.82) is 5.26 Å². The number of hydrogen-bond donors (Lipinski definition) is 1. The van der Waals surface area contributed by atoms with Gasteiger partial charge in [0.05, 0.1) is 17.1 Å². The maximum Gasteiger partial charge on any atom is 0.277 e. The summed E-state index contributed by atoms with van der Waals surface area (Å²) in [7, 11) is 0. The van der Waals surface area contributed by atoms with Gasteiger partial charge in [0.25, 0.3) is 5.22 Å². The predicted molar refractivity (Wildman–Crippen MR) is 79.9 cm³/mol. The molecule has 20 heavy (non-hydrogen) atoms. The highest BCUT2D eigenvalue weighted by atomic mass is 32.2. The Balaban J connectivity index is 1.84. The number of carbonyl (C=O) groups excluding carboxylic acids is 1. The standard InChI is InChI=1S/C11H10N4O2S3/c1-18-6-9-14-15-11(17-9)20-5-8(16)13-10-7(4-12)2-3-19-10/h2-3H,5-6H2,1H3,(H,13,16). The fourth-order valence-corrected chi connectivity index (χ4v) is 2.96. The van der Waals surface area contributed by atoms with Crippen LogP contribution in [0.1, 0.15) is 11.5 Å². The molecule has 9 heteroatoms. The molecule has 2 aromatic rings. The Morgan fingerprint density at radius 3 is 3.20 bits per heavy atom. The van der Waals surface area contributed by atoms with Crippen LogP contribution in [0.15, 0.2) is 21.1 Å². The molecule has 0 spiro atoms. The molecule has 0 aliphatic heterocycles. The highest BCUT2D eigenvalue weighted by Gasteiger charge is 2.11. The van der Waals surface area contributed by atoms with Crippen molar-refractivity contribution in [1.82, 2.24) is 10.2 Å². The summed E-state index contributed by atoms with van der Waals surface area (Å²) in [6, 6.07) is 3.68. The molecular formula is C11H10N4O2S3. The maximum atomic E-state index is 11.8. The molecule has 2 rings (SSSR count). The second-order valence-electron chi connectivity index (χ2n) is 3.51. The zero-order valence-corrected chi connectivity index (χ0v) is 12.9. The van der Waals surface area contributed by atoms with Crippen LogP contribution >= 0.6 is 34.9 Å². The first kappa shape index (κ1) is 14.9. The summed E-state index contributed by atoms with van der Waals surface area (Å²) in [5, 5.41) is 21.9. The molecule has 0 saturated carbocycles. The van der Waals surface area contributed by atoms with Gasteiger partial charge in [-0.2, -0.15) is 17.0 Å². The Hall–Kier alpha value is -1.50. The molecule has 1 N–H and O–H groups in total. The van der Waals surface area contributed by atoms with Gasteiger partial charge in [0.2, 0.25) is 11.8 Å². The minimum Gasteiger partial charge on any atom is -0.415 e. The molecule has 0 saturated heterocycles. The van der Waals surface area contributed by atoms with Gasteiger partial charge in [0, 0.05) is 0 Å². The van der Waals surface area contributed by atoms with Gasteiger partial charge in [-0.3, -0.25) is 4.79 Å². The average molecular weight is 326 g/mol. The molecule has 0 unspecified atom stereocenters. The van der Waals surface area contributed by atoms with Crippen LogP contribution in [-0.4, -0.2) is 28.1 Å². The summed E-state index contributed by atoms with van der Waals surface area (Å²) in [6.07, 6.45) is 1.94. The zero-order valence-electron chi connectivity index (χ0n) is 10.5. The fourth-order valence-electron chi connectivity index (χ4n) is 1.26. The van der Waals surface area contributed by atoms with E-state index in [2.05, 4.69) is 15.5 Å². The van der Waals surface area contributed by atoms with Crippen LogP contribution in [0.3, 0.4) is 0 Å². The SMILES string of the molecule is CSCc1nnc(SCC(=O)Nc2sccc2C#N)o1. The van der Waals surface area contributed by atoms with Gasteiger partial charge in [0.1, 0.15) is 11.1 Å². The van der Waals surface area contributed by atoms with E-state index in [1.54, 1.807) is 23.2 Å². The minimum atomic E-state index is -0.210. The number of carbonyl (C=O) groups is 1. The Morgan fingerprint density at radius 2 is 2.45 bits per heavy atom. The van der Waals surface area contributed by atoms with E-state index in [0.29, 0.717) is 27.4 Å². The van der Waals surface area contributed by atoms with Crippen LogP contribution < -0.4 is 5.32 Å². The van der Waals surface area contributed by atoms with Crippen molar-refractivity contribution < 1.29 is 9.21 Å². The Bertz CT molecular complexity index is 632. The van der Waals surface area contributed by atoms with Gasteiger partial charge >= 0.3 is 0 Å². The summed E-state index contributed by atoms with van der Waals surface area (Å²) in [5.74, 6) is 1.15. The molecule has 0 aromatic carbocycles. The summed E-state index contributed by atoms with van der Waals surface area (Å²) in [6.45, 7) is 0. The molecular weight excluding hydrogens is 316 g/mol. The number of aromatic nitrogens is 2. The number of anilines is 1. The van der Waals surface area contributed by atoms with E-state index in [0.717, 1.165) is 0 Å². The number of nitrogens with one attached hydrogen (secondary N) is 1. The van der Waals surface area contributed by atoms with Gasteiger partial charge in [-0.1, -0.05) is 11.8 Å². The summed E-state index contributed by atoms with van der Waals surface area (Å²) in [4.78, 5) is 11.8. The van der Waals surface area contributed by atoms with E-state index in [1.165, 1.54) is 23.1 Å². The van der Waals surface area contributed by atoms with Crippen molar-refractivity contribution in [3.8, 4) is 6.07 Å². The van der Waals surface area contributed by atoms with Crippen molar-refractivity contribution in [2.75, 3.05) is 17.3 Å². The molecule has 0 radical (unpaired) electrons. The number of nitrogens with zero attached hydrogens (tertiary/aromatic N) is 3. The van der Waals surface area contributed by atoms with Gasteiger partial charge in [-0.05, 0) is 17.7 Å². The first-order valence-electron chi connectivity index (χ1n) is 5.44. The molecule has 2 aromatic heterocycles. The lowest BCUT2D eigenvalue weighted by molar-refractivity contribution is -0.113. The molecule has 1 amide bonds. The van der Waals surface area contributed by atoms with E-state index >= 15 is 0 Å². The Labute approximate surface area is 128 Å². The number of amides is 1. The zero-order chi connectivity index (χ0) is 14.4. The normalized spacial score (nSPS) is 10.2. The number of thioether (sulfide) groups is 2. The number of thiophene rings is 1. The van der Waals surface area contributed by atoms with Crippen molar-refractivity contribution in [3.05, 3.63) is 22.9 Å². The smallest absolute Gasteiger partial charge is 0.277 e. The molecule has 0 fully saturated rings. The molecule has 0 aliphatic rings. The van der Waals surface area contributed by atoms with E-state index < -0.39 is 0 Å². The first-order chi connectivity index (χ1) is 9.72. The molecule has 2 heterocycles. The lowest BCUT2D eigenvalue weighted by Gasteiger charge is -2.00. The summed E-state index contributed by atoms with van der Waals surface area (Å²) >= 11 is 4.07. The minimum absolute atomic E-state index is 0.156. The number of hydrogen-bond acceptors (Lipinski definition) is 8. The Kier molecular flexibility index (Phi) is 5.46. The lowest BCUT2D eigenvalue weighted by Crippen LogP contribution is -2.13. The predicted octanol–water partition coefficient (Wildman–Crippen LogP) is 2.60. The van der Waals surface area contributed by atoms with Gasteiger partial charge in [0.15, 0.2) is 0 Å². The monoisotopic (exact) mass is 326 g/mol. The highest BCUT2D eigenvalue weighted by Crippen LogP contribution is 2.23. The van der Waals surface area contributed by atoms with Crippen LogP contribution in [0.2, 0.25) is 0 Å². The maximum absolute atomic E-state index is 11.8. The van der Waals surface area contributed by atoms with Crippen molar-refractivity contribution >= 4 is 45.8 Å². The van der Waals surface area contributed by atoms with Gasteiger partial charge in [-0.25, -0.2) is 0 Å². The fraction of sp³-hybridized carbons (Fsp3) is 0.273. The summed E-state index contributed by atoms with van der Waals surface area (Å²) < 4.78 is 5.34. The van der Waals surface area contributed by atoms with Crippen LogP contribution in [0.25, 0.3) is 0 Å². The molecule has 104 valence electrons. The van der Waals surface area contributed by atoms with Gasteiger partial charge in [-0.15, -0.1) is 21.5 Å². The average Bonchev–Trinajstić information content (AvgIpc) is 3.06. The van der Waals surface area contributed by atoms with E-state index in [1.807, 2.05) is 12.3 Å². The van der Waals surface area contributed by atoms with E-state index in [-0.39, 0.29) is 11.7 Å². The third kappa shape index (κ3) is 4.00. The van der Waals surface area contributed by atoms with Crippen molar-refractivity contribution in [2.45, 2.75) is 11.0 Å². The molecule has 0 bridgehead atoms. The quantitative estimate of drug-likeness (QED) is 0.816. The second-order valence-corrected chi connectivity index (χ2v) is 6.22. The number of nitriles is 1. The summed E-state index contributed by atoms with van der Waals surface area (Å²) in [5.41, 5.74) is 0.466. The van der Waals surface area contributed by atoms with Crippen molar-refractivity contribution in [2.24, 2.45) is 0 Å². The molecule has 0 atom stereocenters. The Morgan fingerprint density at radius 1 is 1.60 bits per heavy atom. The largest absolute Gasteiger partial charge is 0.415 e. The lowest BCUT2D eigenvalue weighted by atomic mass is 10.3. The third-order valence-corrected chi connectivity index (χ3v) is 4.27. The van der Waals surface area contributed by atoms with Gasteiger partial charge < -0.3 is 9.73 Å². The van der Waals surface area contributed by atoms with Crippen molar-refractivity contribution in [3.63, 3.8) is 0 Å². The topological polar surface area (TPSA) is 91.8 Å². The third-order valence-electron chi connectivity index (χ3n) is 2.08. The number of rotatable bonds is 6. The molecule has 0 aliphatic carbocycles. The highest BCUT2D eigenvalue weighted by molar-refractivity contribution is 7.99. The van der Waals surface area contributed by atoms with Crippen LogP contribution in [0.4, 0.5) is 5.00 Å². The van der Waals surface area contributed by atoms with E-state index in [9.17, 15) is 4.79 Å². The van der Waals surface area contributed by atoms with Crippen LogP contribution in [0, 0.1) is 11.3 Å².